The van der Waals surface area contributed by atoms with Crippen LogP contribution in [0.4, 0.5) is 26.3 Å². The second-order valence-corrected chi connectivity index (χ2v) is 9.06. The van der Waals surface area contributed by atoms with E-state index in [1.54, 1.807) is 0 Å². The van der Waals surface area contributed by atoms with Crippen molar-refractivity contribution in [1.29, 1.82) is 0 Å². The molecule has 176 valence electrons. The fourth-order valence-corrected chi connectivity index (χ4v) is 5.01. The molecule has 3 nitrogen and oxygen atoms in total. The minimum atomic E-state index is -5.34. The standard InChI is InChI=1S/C22H10Cl2F6O3P/c23-14-8-4-9-15(24)18(14)19(31)11-5-1-2-10-16(11)34(33)20(32)17-12(21(25,26)27)6-3-7-13(17)22(28,29)30/h1-10H/q+1. The molecule has 0 spiro atoms. The van der Waals surface area contributed by atoms with Gasteiger partial charge in [0, 0.05) is 0 Å². The molecule has 1 unspecified atom stereocenters. The zero-order valence-corrected chi connectivity index (χ0v) is 18.9. The van der Waals surface area contributed by atoms with Gasteiger partial charge >= 0.3 is 25.7 Å². The highest BCUT2D eigenvalue weighted by Gasteiger charge is 2.49. The van der Waals surface area contributed by atoms with Gasteiger partial charge in [0.25, 0.3) is 0 Å². The summed E-state index contributed by atoms with van der Waals surface area (Å²) in [6, 6.07) is 9.78. The van der Waals surface area contributed by atoms with Crippen LogP contribution in [0.3, 0.4) is 0 Å². The quantitative estimate of drug-likeness (QED) is 0.192. The third-order valence-electron chi connectivity index (χ3n) is 4.63. The Morgan fingerprint density at radius 2 is 1.15 bits per heavy atom. The predicted molar refractivity (Wildman–Crippen MR) is 114 cm³/mol. The van der Waals surface area contributed by atoms with Crippen molar-refractivity contribution in [3.8, 4) is 0 Å². The first kappa shape index (κ1) is 25.9. The van der Waals surface area contributed by atoms with Crippen LogP contribution < -0.4 is 5.30 Å². The number of alkyl halides is 6. The largest absolute Gasteiger partial charge is 0.459 e. The second-order valence-electron chi connectivity index (χ2n) is 6.77. The van der Waals surface area contributed by atoms with Gasteiger partial charge in [0.1, 0.15) is 0 Å². The number of hydrogen-bond donors (Lipinski definition) is 0. The normalized spacial score (nSPS) is 12.4. The third-order valence-corrected chi connectivity index (χ3v) is 6.68. The first-order valence-electron chi connectivity index (χ1n) is 9.12. The van der Waals surface area contributed by atoms with Crippen LogP contribution in [0.2, 0.25) is 10.0 Å². The number of rotatable bonds is 5. The average molecular weight is 538 g/mol. The zero-order valence-electron chi connectivity index (χ0n) is 16.5. The fourth-order valence-electron chi connectivity index (χ4n) is 3.16. The van der Waals surface area contributed by atoms with Crippen LogP contribution in [0.5, 0.6) is 0 Å². The van der Waals surface area contributed by atoms with Crippen LogP contribution in [-0.2, 0) is 16.9 Å². The maximum absolute atomic E-state index is 13.5. The molecule has 12 heteroatoms. The summed E-state index contributed by atoms with van der Waals surface area (Å²) in [6.07, 6.45) is -10.7. The molecule has 3 aromatic rings. The van der Waals surface area contributed by atoms with E-state index in [1.807, 2.05) is 0 Å². The molecular formula is C22H10Cl2F6O3P+. The van der Waals surface area contributed by atoms with Gasteiger partial charge in [0.2, 0.25) is 11.1 Å². The summed E-state index contributed by atoms with van der Waals surface area (Å²) in [5.74, 6) is -0.914. The van der Waals surface area contributed by atoms with Crippen molar-refractivity contribution in [1.82, 2.24) is 0 Å². The number of carbonyl (C=O) groups is 2. The minimum Gasteiger partial charge on any atom is -0.288 e. The Bertz CT molecular complexity index is 1270. The Balaban J connectivity index is 2.19. The first-order valence-corrected chi connectivity index (χ1v) is 11.1. The maximum atomic E-state index is 13.5. The summed E-state index contributed by atoms with van der Waals surface area (Å²) in [6.45, 7) is 0. The summed E-state index contributed by atoms with van der Waals surface area (Å²) in [7, 11) is -3.60. The third kappa shape index (κ3) is 5.02. The van der Waals surface area contributed by atoms with Gasteiger partial charge in [-0.3, -0.25) is 4.79 Å². The lowest BCUT2D eigenvalue weighted by Crippen LogP contribution is -2.21. The number of benzene rings is 3. The molecule has 0 bridgehead atoms. The summed E-state index contributed by atoms with van der Waals surface area (Å²) in [5, 5.41) is -0.764. The van der Waals surface area contributed by atoms with E-state index in [0.29, 0.717) is 6.07 Å². The van der Waals surface area contributed by atoms with Crippen molar-refractivity contribution in [3.63, 3.8) is 0 Å². The Morgan fingerprint density at radius 1 is 0.676 bits per heavy atom. The Hall–Kier alpha value is -2.74. The van der Waals surface area contributed by atoms with Crippen LogP contribution in [-0.4, -0.2) is 11.3 Å². The highest BCUT2D eigenvalue weighted by atomic mass is 35.5. The van der Waals surface area contributed by atoms with E-state index in [1.165, 1.54) is 30.3 Å². The molecule has 0 amide bonds. The van der Waals surface area contributed by atoms with Crippen molar-refractivity contribution in [3.05, 3.63) is 98.5 Å². The van der Waals surface area contributed by atoms with Gasteiger partial charge in [0.15, 0.2) is 0 Å². The highest BCUT2D eigenvalue weighted by molar-refractivity contribution is 7.71. The van der Waals surface area contributed by atoms with E-state index >= 15 is 0 Å². The van der Waals surface area contributed by atoms with Crippen molar-refractivity contribution in [2.24, 2.45) is 0 Å². The summed E-state index contributed by atoms with van der Waals surface area (Å²) >= 11 is 12.0. The predicted octanol–water partition coefficient (Wildman–Crippen LogP) is 7.56. The lowest BCUT2D eigenvalue weighted by Gasteiger charge is -2.15. The summed E-state index contributed by atoms with van der Waals surface area (Å²) in [4.78, 5) is 25.9. The van der Waals surface area contributed by atoms with Gasteiger partial charge in [-0.1, -0.05) is 52.0 Å². The van der Waals surface area contributed by atoms with Gasteiger partial charge in [-0.2, -0.15) is 26.3 Å². The maximum Gasteiger partial charge on any atom is 0.459 e. The smallest absolute Gasteiger partial charge is 0.288 e. The molecule has 0 heterocycles. The fraction of sp³-hybridized carbons (Fsp3) is 0.0909. The van der Waals surface area contributed by atoms with Gasteiger partial charge in [-0.25, -0.2) is 4.79 Å². The molecule has 0 N–H and O–H groups in total. The van der Waals surface area contributed by atoms with Crippen LogP contribution in [0, 0.1) is 0 Å². The van der Waals surface area contributed by atoms with E-state index in [2.05, 4.69) is 0 Å². The van der Waals surface area contributed by atoms with Crippen LogP contribution in [0.1, 0.15) is 37.4 Å². The molecule has 0 saturated heterocycles. The van der Waals surface area contributed by atoms with Crippen LogP contribution in [0.15, 0.2) is 60.7 Å². The number of hydrogen-bond acceptors (Lipinski definition) is 3. The monoisotopic (exact) mass is 537 g/mol. The molecular weight excluding hydrogens is 528 g/mol. The average Bonchev–Trinajstić information content (AvgIpc) is 2.76. The van der Waals surface area contributed by atoms with E-state index in [9.17, 15) is 40.5 Å². The van der Waals surface area contributed by atoms with Crippen LogP contribution in [0.25, 0.3) is 0 Å². The summed E-state index contributed by atoms with van der Waals surface area (Å²) < 4.78 is 93.9. The molecule has 0 aliphatic heterocycles. The Morgan fingerprint density at radius 3 is 1.65 bits per heavy atom. The van der Waals surface area contributed by atoms with E-state index in [-0.39, 0.29) is 27.7 Å². The minimum absolute atomic E-state index is 0.101. The molecule has 0 saturated carbocycles. The molecule has 0 radical (unpaired) electrons. The molecule has 3 rings (SSSR count). The van der Waals surface area contributed by atoms with Gasteiger partial charge in [0.05, 0.1) is 37.9 Å². The molecule has 0 aliphatic carbocycles. The topological polar surface area (TPSA) is 51.2 Å². The lowest BCUT2D eigenvalue weighted by molar-refractivity contribution is -0.143. The molecule has 0 aliphatic rings. The lowest BCUT2D eigenvalue weighted by atomic mass is 10.0. The van der Waals surface area contributed by atoms with E-state index in [4.69, 9.17) is 23.2 Å². The first-order chi connectivity index (χ1) is 15.7. The number of halogens is 8. The van der Waals surface area contributed by atoms with Gasteiger partial charge in [-0.05, 0) is 36.4 Å². The number of ketones is 1. The van der Waals surface area contributed by atoms with Crippen molar-refractivity contribution >= 4 is 47.6 Å². The second kappa shape index (κ2) is 9.49. The molecule has 0 fully saturated rings. The van der Waals surface area contributed by atoms with E-state index < -0.39 is 59.0 Å². The Labute approximate surface area is 199 Å². The SMILES string of the molecule is O=C(c1ccccc1[P+](=O)C(=O)c1c(C(F)(F)F)cccc1C(F)(F)F)c1c(Cl)cccc1Cl. The van der Waals surface area contributed by atoms with E-state index in [0.717, 1.165) is 12.1 Å². The number of carbonyl (C=O) groups excluding carboxylic acids is 2. The highest BCUT2D eigenvalue weighted by Crippen LogP contribution is 2.43. The van der Waals surface area contributed by atoms with Crippen LogP contribution >= 0.6 is 31.0 Å². The van der Waals surface area contributed by atoms with Gasteiger partial charge < -0.3 is 0 Å². The molecule has 34 heavy (non-hydrogen) atoms. The van der Waals surface area contributed by atoms with Crippen molar-refractivity contribution in [2.45, 2.75) is 12.4 Å². The Kier molecular flexibility index (Phi) is 7.22. The zero-order chi connectivity index (χ0) is 25.4. The van der Waals surface area contributed by atoms with Crippen molar-refractivity contribution < 1.29 is 40.5 Å². The molecule has 0 aromatic heterocycles. The molecule has 3 aromatic carbocycles. The molecule has 1 atom stereocenters. The van der Waals surface area contributed by atoms with Gasteiger partial charge in [-0.15, -0.1) is 0 Å². The van der Waals surface area contributed by atoms with Crippen molar-refractivity contribution in [2.75, 3.05) is 0 Å². The summed E-state index contributed by atoms with van der Waals surface area (Å²) in [5.41, 5.74) is -8.16.